The maximum atomic E-state index is 14.2. The molecule has 1 atom stereocenters. The van der Waals surface area contributed by atoms with Crippen LogP contribution in [0.5, 0.6) is 0 Å². The summed E-state index contributed by atoms with van der Waals surface area (Å²) in [6.07, 6.45) is 0.595. The quantitative estimate of drug-likeness (QED) is 0.205. The molecule has 200 valence electrons. The number of rotatable bonds is 5. The summed E-state index contributed by atoms with van der Waals surface area (Å²) < 4.78 is 59.1. The number of ketones is 1. The van der Waals surface area contributed by atoms with Crippen molar-refractivity contribution < 1.29 is 22.4 Å². The highest BCUT2D eigenvalue weighted by Gasteiger charge is 2.50. The van der Waals surface area contributed by atoms with E-state index in [1.165, 1.54) is 28.8 Å². The van der Waals surface area contributed by atoms with E-state index in [2.05, 4.69) is 25.6 Å². The molecule has 1 aliphatic heterocycles. The number of benzene rings is 1. The highest BCUT2D eigenvalue weighted by Crippen LogP contribution is 2.48. The number of tetrazole rings is 1. The lowest BCUT2D eigenvalue weighted by atomic mass is 9.65. The van der Waals surface area contributed by atoms with Crippen molar-refractivity contribution >= 4 is 23.8 Å². The maximum absolute atomic E-state index is 14.2. The van der Waals surface area contributed by atoms with Gasteiger partial charge in [0.05, 0.1) is 28.6 Å². The number of carbonyl (C=O) groups is 1. The maximum Gasteiger partial charge on any atom is 0.416 e. The van der Waals surface area contributed by atoms with Gasteiger partial charge in [-0.25, -0.2) is 18.1 Å². The zero-order valence-corrected chi connectivity index (χ0v) is 21.2. The predicted octanol–water partition coefficient (Wildman–Crippen LogP) is 4.17. The number of nitrogens with zero attached hydrogens (tertiary/aromatic N) is 8. The van der Waals surface area contributed by atoms with Crippen molar-refractivity contribution in [2.24, 2.45) is 12.5 Å². The number of hydrogen-bond donors (Lipinski definition) is 0. The molecule has 0 amide bonds. The first-order valence-electron chi connectivity index (χ1n) is 11.9. The lowest BCUT2D eigenvalue weighted by Gasteiger charge is -2.44. The van der Waals surface area contributed by atoms with Crippen LogP contribution < -0.4 is 0 Å². The minimum Gasteiger partial charge on any atom is -0.291 e. The third kappa shape index (κ3) is 4.52. The number of aromatic nitrogens is 7. The molecule has 1 aromatic carbocycles. The lowest BCUT2D eigenvalue weighted by Crippen LogP contribution is -2.50. The Hall–Kier alpha value is -3.91. The first kappa shape index (κ1) is 25.4. The molecule has 9 nitrogen and oxygen atoms in total. The number of aryl methyl sites for hydroxylation is 1. The van der Waals surface area contributed by atoms with Gasteiger partial charge in [-0.3, -0.25) is 9.78 Å². The van der Waals surface area contributed by atoms with E-state index in [0.29, 0.717) is 23.8 Å². The van der Waals surface area contributed by atoms with Crippen molar-refractivity contribution in [1.82, 2.24) is 39.3 Å². The Labute approximate surface area is 223 Å². The molecular formula is C25H20F4N8OS. The van der Waals surface area contributed by atoms with Gasteiger partial charge >= 0.3 is 6.18 Å². The molecule has 4 heterocycles. The van der Waals surface area contributed by atoms with Crippen LogP contribution in [0.15, 0.2) is 59.5 Å². The average molecular weight is 557 g/mol. The van der Waals surface area contributed by atoms with Crippen molar-refractivity contribution in [2.75, 3.05) is 13.1 Å². The van der Waals surface area contributed by atoms with Crippen LogP contribution in [-0.2, 0) is 19.6 Å². The van der Waals surface area contributed by atoms with E-state index in [9.17, 15) is 22.4 Å². The Kier molecular flexibility index (Phi) is 6.10. The molecule has 14 heteroatoms. The van der Waals surface area contributed by atoms with Crippen LogP contribution in [0.3, 0.4) is 0 Å². The van der Waals surface area contributed by atoms with E-state index in [1.54, 1.807) is 30.1 Å². The lowest BCUT2D eigenvalue weighted by molar-refractivity contribution is -0.137. The van der Waals surface area contributed by atoms with Crippen molar-refractivity contribution in [1.29, 1.82) is 0 Å². The zero-order chi connectivity index (χ0) is 27.4. The molecule has 0 spiro atoms. The molecule has 0 unspecified atom stereocenters. The van der Waals surface area contributed by atoms with E-state index >= 15 is 0 Å². The largest absolute Gasteiger partial charge is 0.416 e. The van der Waals surface area contributed by atoms with Crippen LogP contribution in [0.2, 0.25) is 0 Å². The molecule has 0 radical (unpaired) electrons. The molecule has 6 rings (SSSR count). The van der Waals surface area contributed by atoms with E-state index in [-0.39, 0.29) is 24.5 Å². The summed E-state index contributed by atoms with van der Waals surface area (Å²) in [5.74, 6) is -0.874. The van der Waals surface area contributed by atoms with Gasteiger partial charge in [-0.05, 0) is 71.3 Å². The minimum atomic E-state index is -4.61. The number of fused-ring (bicyclic) bond motifs is 2. The molecule has 3 aromatic heterocycles. The molecule has 4 aromatic rings. The summed E-state index contributed by atoms with van der Waals surface area (Å²) >= 11 is 1.28. The number of piperidine rings is 1. The normalized spacial score (nSPS) is 19.4. The number of carbonyl (C=O) groups excluding carboxylic acids is 1. The van der Waals surface area contributed by atoms with E-state index in [4.69, 9.17) is 0 Å². The summed E-state index contributed by atoms with van der Waals surface area (Å²) in [6.45, 7) is 0.753. The highest BCUT2D eigenvalue weighted by atomic mass is 32.2. The van der Waals surface area contributed by atoms with Gasteiger partial charge in [0.15, 0.2) is 5.78 Å². The van der Waals surface area contributed by atoms with Crippen LogP contribution in [-0.4, -0.2) is 58.1 Å². The molecule has 1 aliphatic carbocycles. The second kappa shape index (κ2) is 9.38. The van der Waals surface area contributed by atoms with Crippen LogP contribution in [0.25, 0.3) is 11.8 Å². The third-order valence-corrected chi connectivity index (χ3v) is 8.08. The summed E-state index contributed by atoms with van der Waals surface area (Å²) in [5, 5.41) is 16.5. The smallest absolute Gasteiger partial charge is 0.291 e. The summed E-state index contributed by atoms with van der Waals surface area (Å²) in [5.41, 5.74) is 0.545. The van der Waals surface area contributed by atoms with Gasteiger partial charge in [0.25, 0.3) is 0 Å². The van der Waals surface area contributed by atoms with Gasteiger partial charge in [0, 0.05) is 38.3 Å². The van der Waals surface area contributed by atoms with Crippen LogP contribution in [0, 0.1) is 11.2 Å². The standard InChI is InChI=1S/C25H20F4N8OS/c1-35-23(32-33-34-35)39-36-9-7-16-11-21-15(13-31-37(21)19-4-2-18(26)3-5-19)12-24(16,14-36)22(38)20-10-17(6-8-30-20)25(27,28)29/h2-6,8,10-11,13H,7,9,12,14H2,1H3/t24-/m0/s1. The molecular weight excluding hydrogens is 536 g/mol. The Morgan fingerprint density at radius 3 is 2.67 bits per heavy atom. The molecule has 0 bridgehead atoms. The van der Waals surface area contributed by atoms with Crippen molar-refractivity contribution in [3.8, 4) is 5.69 Å². The summed E-state index contributed by atoms with van der Waals surface area (Å²) in [4.78, 5) is 18.2. The van der Waals surface area contributed by atoms with Crippen molar-refractivity contribution in [2.45, 2.75) is 24.2 Å². The van der Waals surface area contributed by atoms with E-state index < -0.39 is 22.9 Å². The predicted molar refractivity (Wildman–Crippen MR) is 132 cm³/mol. The van der Waals surface area contributed by atoms with Gasteiger partial charge in [-0.15, -0.1) is 5.10 Å². The number of Topliss-reactive ketones (excluding diaryl/α,β-unsaturated/α-hetero) is 1. The van der Waals surface area contributed by atoms with Crippen molar-refractivity contribution in [3.05, 3.63) is 82.7 Å². The Morgan fingerprint density at radius 1 is 1.15 bits per heavy atom. The fourth-order valence-corrected chi connectivity index (χ4v) is 6.00. The molecule has 1 fully saturated rings. The molecule has 0 N–H and O–H groups in total. The SMILES string of the molecule is Cn1nnnc1SN1CCC2=Cc3c(cnn3-c3ccc(F)cc3)C[C@]2(C(=O)c2cc(C(F)(F)F)ccn2)C1. The van der Waals surface area contributed by atoms with E-state index in [1.807, 2.05) is 10.4 Å². The van der Waals surface area contributed by atoms with Gasteiger partial charge in [0.1, 0.15) is 11.5 Å². The molecule has 1 saturated heterocycles. The monoisotopic (exact) mass is 556 g/mol. The van der Waals surface area contributed by atoms with Crippen molar-refractivity contribution in [3.63, 3.8) is 0 Å². The number of halogens is 4. The Bertz CT molecular complexity index is 1600. The second-order valence-corrected chi connectivity index (χ2v) is 10.5. The zero-order valence-electron chi connectivity index (χ0n) is 20.4. The number of hydrogen-bond acceptors (Lipinski definition) is 8. The van der Waals surface area contributed by atoms with Gasteiger partial charge in [0.2, 0.25) is 5.16 Å². The topological polar surface area (TPSA) is 94.6 Å². The van der Waals surface area contributed by atoms with Crippen LogP contribution in [0.1, 0.15) is 33.7 Å². The van der Waals surface area contributed by atoms with E-state index in [0.717, 1.165) is 35.2 Å². The second-order valence-electron chi connectivity index (χ2n) is 9.42. The summed E-state index contributed by atoms with van der Waals surface area (Å²) in [7, 11) is 1.70. The third-order valence-electron chi connectivity index (χ3n) is 7.00. The first-order valence-corrected chi connectivity index (χ1v) is 12.7. The first-order chi connectivity index (χ1) is 18.6. The van der Waals surface area contributed by atoms with Crippen LogP contribution in [0.4, 0.5) is 17.6 Å². The molecule has 0 saturated carbocycles. The Balaban J connectivity index is 1.42. The Morgan fingerprint density at radius 2 is 1.95 bits per heavy atom. The average Bonchev–Trinajstić information content (AvgIpc) is 3.52. The molecule has 39 heavy (non-hydrogen) atoms. The fraction of sp³-hybridized carbons (Fsp3) is 0.280. The van der Waals surface area contributed by atoms with Gasteiger partial charge in [-0.1, -0.05) is 5.57 Å². The summed E-state index contributed by atoms with van der Waals surface area (Å²) in [6, 6.07) is 7.54. The highest BCUT2D eigenvalue weighted by molar-refractivity contribution is 7.96. The van der Waals surface area contributed by atoms with Crippen LogP contribution >= 0.6 is 11.9 Å². The molecule has 2 aliphatic rings. The van der Waals surface area contributed by atoms with Gasteiger partial charge < -0.3 is 0 Å². The number of pyridine rings is 1. The van der Waals surface area contributed by atoms with Gasteiger partial charge in [-0.2, -0.15) is 18.3 Å². The number of alkyl halides is 3. The minimum absolute atomic E-state index is 0.203. The fourth-order valence-electron chi connectivity index (χ4n) is 5.07.